The van der Waals surface area contributed by atoms with Gasteiger partial charge in [0, 0.05) is 97.5 Å². The van der Waals surface area contributed by atoms with Gasteiger partial charge in [0.1, 0.15) is 0 Å². The second kappa shape index (κ2) is 49.7. The second-order valence-electron chi connectivity index (χ2n) is 39.9. The van der Waals surface area contributed by atoms with E-state index < -0.39 is 48.4 Å². The second-order valence-corrected chi connectivity index (χ2v) is 70.3. The van der Waals surface area contributed by atoms with E-state index in [9.17, 15) is 0 Å². The fourth-order valence-electron chi connectivity index (χ4n) is 15.5. The van der Waals surface area contributed by atoms with E-state index in [1.54, 1.807) is 0 Å². The largest absolute Gasteiger partial charge is 0.305 e. The molecule has 130 heavy (non-hydrogen) atoms. The van der Waals surface area contributed by atoms with E-state index in [0.717, 1.165) is 79.9 Å². The first-order valence-electron chi connectivity index (χ1n) is 45.6. The Morgan fingerprint density at radius 3 is 0.969 bits per heavy atom. The predicted octanol–water partition coefficient (Wildman–Crippen LogP) is 27.8. The molecule has 1 aliphatic carbocycles. The minimum absolute atomic E-state index is 0. The van der Waals surface area contributed by atoms with Crippen molar-refractivity contribution in [1.82, 2.24) is 29.9 Å². The third-order valence-electron chi connectivity index (χ3n) is 23.2. The fourth-order valence-corrected chi connectivity index (χ4v) is 23.5. The standard InChI is InChI=1S/C26H30NSi.C24H28NSi.C23H26NSi.3C14H16NSi.3Ir/c1-28(2,3)26-19-27-25(18-24(26)16-20-10-7-8-11-20)23-15-9-14-22(17-23)21-12-5-4-6-13-21;1-5-6-10-22-17-23(25-18-24(22)26(2,3)4)21-15-13-20(14-16-21)19-11-8-7-9-12-19;1-17(2)21-15-22(24-16-23(21)25(3,4)5)20-13-11-19(12-14-20)18-9-7-6-8-10-18;3*1-16(2,3)13-9-10-14(15-11-13)12-7-5-4-6-8-12;;;/h4-6,9,12-14,17-20H,7-8,10-11,16H2,1-3H3;7-9,11-15,17-18H,5-6,10H2,1-4H3;6-13,15-17H,1-5H3;3*4-7,9-11H,1-3H3;;;/q6*-1;;;. The van der Waals surface area contributed by atoms with Crippen molar-refractivity contribution in [3.63, 3.8) is 0 Å². The summed E-state index contributed by atoms with van der Waals surface area (Å²) in [5, 5.41) is 8.68. The van der Waals surface area contributed by atoms with Crippen LogP contribution in [-0.2, 0) is 73.2 Å². The molecule has 0 N–H and O–H groups in total. The van der Waals surface area contributed by atoms with Gasteiger partial charge in [-0.2, -0.15) is 0 Å². The van der Waals surface area contributed by atoms with E-state index in [1.165, 1.54) is 126 Å². The van der Waals surface area contributed by atoms with Crippen molar-refractivity contribution in [2.75, 3.05) is 0 Å². The fraction of sp³-hybridized carbons (Fsp3) is 0.270. The molecule has 6 aromatic heterocycles. The van der Waals surface area contributed by atoms with Gasteiger partial charge in [-0.3, -0.25) is 0 Å². The van der Waals surface area contributed by atoms with Gasteiger partial charge in [-0.05, 0) is 102 Å². The summed E-state index contributed by atoms with van der Waals surface area (Å²) in [6.07, 6.45) is 22.9. The van der Waals surface area contributed by atoms with Gasteiger partial charge in [-0.25, -0.2) is 0 Å². The van der Waals surface area contributed by atoms with Gasteiger partial charge in [0.05, 0.1) is 48.4 Å². The van der Waals surface area contributed by atoms with E-state index in [2.05, 4.69) is 391 Å². The Balaban J connectivity index is 0.000000194. The topological polar surface area (TPSA) is 77.3 Å². The van der Waals surface area contributed by atoms with Crippen molar-refractivity contribution in [2.45, 2.75) is 196 Å². The molecular weight excluding hydrogens is 2210 g/mol. The molecule has 1 fully saturated rings. The molecule has 9 aromatic carbocycles. The van der Waals surface area contributed by atoms with Crippen LogP contribution in [-0.4, -0.2) is 78.3 Å². The molecule has 0 unspecified atom stereocenters. The molecule has 0 bridgehead atoms. The number of nitrogens with zero attached hydrogens (tertiary/aromatic N) is 6. The molecule has 0 spiro atoms. The maximum atomic E-state index is 4.89. The summed E-state index contributed by atoms with van der Waals surface area (Å²) in [5.74, 6) is 1.36. The van der Waals surface area contributed by atoms with Crippen molar-refractivity contribution >= 4 is 79.6 Å². The van der Waals surface area contributed by atoms with Crippen molar-refractivity contribution in [2.24, 2.45) is 5.92 Å². The maximum Gasteiger partial charge on any atom is 0.0799 e. The molecular formula is C115H132Ir3N6Si6-6. The van der Waals surface area contributed by atoms with Crippen molar-refractivity contribution in [3.05, 3.63) is 363 Å². The molecule has 1 saturated carbocycles. The first-order valence-corrected chi connectivity index (χ1v) is 66.6. The molecule has 0 amide bonds. The van der Waals surface area contributed by atoms with Crippen LogP contribution in [0, 0.1) is 42.3 Å². The minimum atomic E-state index is -1.41. The number of hydrogen-bond donors (Lipinski definition) is 0. The molecule has 0 saturated heterocycles. The molecule has 3 radical (unpaired) electrons. The van der Waals surface area contributed by atoms with E-state index >= 15 is 0 Å². The number of rotatable bonds is 21. The smallest absolute Gasteiger partial charge is 0.0799 e. The number of aromatic nitrogens is 6. The van der Waals surface area contributed by atoms with Crippen LogP contribution in [0.2, 0.25) is 118 Å². The Hall–Kier alpha value is -8.87. The van der Waals surface area contributed by atoms with E-state index in [-0.39, 0.29) is 60.3 Å². The van der Waals surface area contributed by atoms with Crippen LogP contribution in [0.5, 0.6) is 0 Å². The predicted molar refractivity (Wildman–Crippen MR) is 564 cm³/mol. The molecule has 15 heteroatoms. The summed E-state index contributed by atoms with van der Waals surface area (Å²) in [7, 11) is -7.87. The van der Waals surface area contributed by atoms with Crippen LogP contribution in [0.25, 0.3) is 101 Å². The number of aryl methyl sites for hydroxylation is 1. The monoisotopic (exact) mass is 2340 g/mol. The number of hydrogen-bond acceptors (Lipinski definition) is 6. The Bertz CT molecular complexity index is 5650. The molecule has 15 aromatic rings. The number of pyridine rings is 6. The van der Waals surface area contributed by atoms with E-state index in [1.807, 2.05) is 110 Å². The Morgan fingerprint density at radius 2 is 0.631 bits per heavy atom. The molecule has 0 aliphatic heterocycles. The Morgan fingerprint density at radius 1 is 0.292 bits per heavy atom. The normalized spacial score (nSPS) is 12.0. The molecule has 6 heterocycles. The summed E-state index contributed by atoms with van der Waals surface area (Å²) in [4.78, 5) is 28.0. The van der Waals surface area contributed by atoms with Gasteiger partial charge in [0.15, 0.2) is 0 Å². The van der Waals surface area contributed by atoms with Crippen molar-refractivity contribution < 1.29 is 60.3 Å². The SMILES string of the molecule is CC(C)c1cc(-c2[c-]cc(-c3ccccc3)cc2)ncc1[Si](C)(C)C.CCCCc1cc(-c2[c-]cc(-c3ccccc3)cc2)ncc1[Si](C)(C)C.C[Si](C)(C)c1ccc(-c2[c-]cccc2)nc1.C[Si](C)(C)c1ccc(-c2[c-]cccc2)nc1.C[Si](C)(C)c1ccc(-c2[c-]cccc2)nc1.C[Si](C)(C)c1cnc(-c2[c-]ccc(-c3ccccc3)c2)cc1CC1CCCC1.[Ir].[Ir].[Ir]. The zero-order chi connectivity index (χ0) is 90.9. The quantitative estimate of drug-likeness (QED) is 0.0527. The summed E-state index contributed by atoms with van der Waals surface area (Å²) in [6.45, 7) is 49.4. The molecule has 679 valence electrons. The van der Waals surface area contributed by atoms with Crippen LogP contribution in [0.3, 0.4) is 0 Å². The molecule has 6 nitrogen and oxygen atoms in total. The average Bonchev–Trinajstić information content (AvgIpc) is 0.941. The van der Waals surface area contributed by atoms with Gasteiger partial charge in [-0.1, -0.05) is 355 Å². The summed E-state index contributed by atoms with van der Waals surface area (Å²) >= 11 is 0. The van der Waals surface area contributed by atoms with Crippen LogP contribution in [0.15, 0.2) is 310 Å². The van der Waals surface area contributed by atoms with Crippen molar-refractivity contribution in [1.29, 1.82) is 0 Å². The average molecular weight is 2340 g/mol. The van der Waals surface area contributed by atoms with Gasteiger partial charge < -0.3 is 29.9 Å². The van der Waals surface area contributed by atoms with Crippen LogP contribution in [0.4, 0.5) is 0 Å². The summed E-state index contributed by atoms with van der Waals surface area (Å²) in [5.41, 5.74) is 24.3. The Labute approximate surface area is 828 Å². The number of unbranched alkanes of at least 4 members (excludes halogenated alkanes) is 1. The van der Waals surface area contributed by atoms with E-state index in [0.29, 0.717) is 5.92 Å². The molecule has 16 rings (SSSR count). The van der Waals surface area contributed by atoms with Gasteiger partial charge in [-0.15, -0.1) is 203 Å². The zero-order valence-electron chi connectivity index (χ0n) is 80.4. The van der Waals surface area contributed by atoms with Crippen molar-refractivity contribution in [3.8, 4) is 101 Å². The molecule has 0 atom stereocenters. The van der Waals surface area contributed by atoms with Gasteiger partial charge >= 0.3 is 0 Å². The third kappa shape index (κ3) is 31.7. The Kier molecular flexibility index (Phi) is 40.7. The summed E-state index contributed by atoms with van der Waals surface area (Å²) < 4.78 is 0. The first-order chi connectivity index (χ1) is 60.6. The minimum Gasteiger partial charge on any atom is -0.305 e. The maximum absolute atomic E-state index is 4.89. The van der Waals surface area contributed by atoms with E-state index in [4.69, 9.17) is 15.0 Å². The first kappa shape index (κ1) is 106. The van der Waals surface area contributed by atoms with Crippen LogP contribution < -0.4 is 31.1 Å². The van der Waals surface area contributed by atoms with Crippen LogP contribution in [0.1, 0.15) is 81.9 Å². The third-order valence-corrected chi connectivity index (χ3v) is 35.4. The van der Waals surface area contributed by atoms with Gasteiger partial charge in [0.2, 0.25) is 0 Å². The number of benzene rings is 9. The van der Waals surface area contributed by atoms with Crippen LogP contribution >= 0.6 is 0 Å². The summed E-state index contributed by atoms with van der Waals surface area (Å²) in [6, 6.07) is 114. The molecule has 1 aliphatic rings. The van der Waals surface area contributed by atoms with Gasteiger partial charge in [0.25, 0.3) is 0 Å². The zero-order valence-corrected chi connectivity index (χ0v) is 93.6.